The molecule has 0 amide bonds. The van der Waals surface area contributed by atoms with Crippen molar-refractivity contribution in [3.05, 3.63) is 34.1 Å². The zero-order valence-corrected chi connectivity index (χ0v) is 11.2. The van der Waals surface area contributed by atoms with Crippen LogP contribution in [-0.4, -0.2) is 9.55 Å². The molecule has 0 aliphatic rings. The first kappa shape index (κ1) is 12.3. The molecule has 90 valence electrons. The van der Waals surface area contributed by atoms with Gasteiger partial charge in [-0.15, -0.1) is 0 Å². The lowest BCUT2D eigenvalue weighted by Gasteiger charge is -2.02. The Kier molecular flexibility index (Phi) is 3.31. The quantitative estimate of drug-likeness (QED) is 0.907. The summed E-state index contributed by atoms with van der Waals surface area (Å²) in [5.74, 6) is 1.59. The van der Waals surface area contributed by atoms with Crippen LogP contribution in [0.2, 0.25) is 10.0 Å². The van der Waals surface area contributed by atoms with E-state index in [1.807, 2.05) is 24.6 Å². The van der Waals surface area contributed by atoms with Crippen LogP contribution in [0.25, 0.3) is 11.3 Å². The van der Waals surface area contributed by atoms with Gasteiger partial charge in [0, 0.05) is 19.0 Å². The van der Waals surface area contributed by atoms with E-state index in [2.05, 4.69) is 4.98 Å². The zero-order valence-electron chi connectivity index (χ0n) is 9.67. The van der Waals surface area contributed by atoms with E-state index in [4.69, 9.17) is 28.9 Å². The maximum Gasteiger partial charge on any atom is 0.131 e. The van der Waals surface area contributed by atoms with Crippen LogP contribution in [0.5, 0.6) is 0 Å². The Morgan fingerprint density at radius 2 is 2.00 bits per heavy atom. The van der Waals surface area contributed by atoms with Gasteiger partial charge in [0.15, 0.2) is 0 Å². The predicted molar refractivity (Wildman–Crippen MR) is 72.5 cm³/mol. The van der Waals surface area contributed by atoms with Gasteiger partial charge in [-0.3, -0.25) is 0 Å². The van der Waals surface area contributed by atoms with Gasteiger partial charge in [0.2, 0.25) is 0 Å². The maximum absolute atomic E-state index is 6.02. The van der Waals surface area contributed by atoms with Crippen molar-refractivity contribution in [2.45, 2.75) is 13.3 Å². The van der Waals surface area contributed by atoms with Gasteiger partial charge in [0.1, 0.15) is 17.3 Å². The molecule has 0 aliphatic carbocycles. The summed E-state index contributed by atoms with van der Waals surface area (Å²) < 4.78 is 1.89. The number of rotatable bonds is 2. The maximum atomic E-state index is 6.02. The highest BCUT2D eigenvalue weighted by atomic mass is 35.5. The molecule has 0 radical (unpaired) electrons. The van der Waals surface area contributed by atoms with E-state index < -0.39 is 0 Å². The van der Waals surface area contributed by atoms with E-state index >= 15 is 0 Å². The van der Waals surface area contributed by atoms with Gasteiger partial charge in [0.25, 0.3) is 0 Å². The minimum atomic E-state index is 0.507. The molecule has 0 unspecified atom stereocenters. The SMILES string of the molecule is CCc1nc(-c2ccc(Cl)c(Cl)c2)c(N)n1C. The monoisotopic (exact) mass is 269 g/mol. The number of aromatic nitrogens is 2. The lowest BCUT2D eigenvalue weighted by molar-refractivity contribution is 0.816. The number of halogens is 2. The average molecular weight is 270 g/mol. The molecule has 1 aromatic carbocycles. The Balaban J connectivity index is 2.56. The summed E-state index contributed by atoms with van der Waals surface area (Å²) in [4.78, 5) is 4.51. The highest BCUT2D eigenvalue weighted by Gasteiger charge is 2.13. The third-order valence-electron chi connectivity index (χ3n) is 2.74. The molecule has 5 heteroatoms. The first-order valence-corrected chi connectivity index (χ1v) is 6.06. The molecule has 0 aliphatic heterocycles. The number of nitrogen functional groups attached to an aromatic ring is 1. The average Bonchev–Trinajstić information content (AvgIpc) is 2.60. The van der Waals surface area contributed by atoms with Crippen LogP contribution in [0.15, 0.2) is 18.2 Å². The Morgan fingerprint density at radius 3 is 2.53 bits per heavy atom. The number of imidazole rings is 1. The van der Waals surface area contributed by atoms with E-state index in [0.29, 0.717) is 15.9 Å². The van der Waals surface area contributed by atoms with Crippen LogP contribution < -0.4 is 5.73 Å². The Labute approximate surface area is 110 Å². The van der Waals surface area contributed by atoms with Crippen LogP contribution in [0.3, 0.4) is 0 Å². The molecule has 0 atom stereocenters. The van der Waals surface area contributed by atoms with Crippen molar-refractivity contribution < 1.29 is 0 Å². The largest absolute Gasteiger partial charge is 0.383 e. The van der Waals surface area contributed by atoms with E-state index in [9.17, 15) is 0 Å². The van der Waals surface area contributed by atoms with Crippen LogP contribution in [0, 0.1) is 0 Å². The molecule has 2 N–H and O–H groups in total. The molecule has 2 rings (SSSR count). The fourth-order valence-electron chi connectivity index (χ4n) is 1.73. The van der Waals surface area contributed by atoms with Gasteiger partial charge in [-0.1, -0.05) is 36.2 Å². The number of hydrogen-bond donors (Lipinski definition) is 1. The molecule has 1 heterocycles. The van der Waals surface area contributed by atoms with Gasteiger partial charge >= 0.3 is 0 Å². The lowest BCUT2D eigenvalue weighted by Crippen LogP contribution is -2.00. The van der Waals surface area contributed by atoms with Crippen LogP contribution in [0.4, 0.5) is 5.82 Å². The first-order chi connectivity index (χ1) is 8.04. The van der Waals surface area contributed by atoms with E-state index in [1.165, 1.54) is 0 Å². The van der Waals surface area contributed by atoms with Gasteiger partial charge in [-0.25, -0.2) is 4.98 Å². The van der Waals surface area contributed by atoms with Crippen LogP contribution >= 0.6 is 23.2 Å². The molecule has 2 aromatic rings. The Morgan fingerprint density at radius 1 is 1.29 bits per heavy atom. The third-order valence-corrected chi connectivity index (χ3v) is 3.48. The van der Waals surface area contributed by atoms with Crippen molar-refractivity contribution in [3.8, 4) is 11.3 Å². The molecule has 0 spiro atoms. The number of nitrogens with zero attached hydrogens (tertiary/aromatic N) is 2. The van der Waals surface area contributed by atoms with Gasteiger partial charge < -0.3 is 10.3 Å². The van der Waals surface area contributed by atoms with Gasteiger partial charge in [-0.2, -0.15) is 0 Å². The fourth-order valence-corrected chi connectivity index (χ4v) is 2.03. The number of aryl methyl sites for hydroxylation is 1. The second-order valence-electron chi connectivity index (χ2n) is 3.80. The molecule has 0 fully saturated rings. The minimum Gasteiger partial charge on any atom is -0.383 e. The van der Waals surface area contributed by atoms with Crippen molar-refractivity contribution in [1.29, 1.82) is 0 Å². The van der Waals surface area contributed by atoms with E-state index in [-0.39, 0.29) is 0 Å². The number of nitrogens with two attached hydrogens (primary N) is 1. The van der Waals surface area contributed by atoms with Crippen LogP contribution in [-0.2, 0) is 13.5 Å². The summed E-state index contributed by atoms with van der Waals surface area (Å²) in [5, 5.41) is 1.04. The molecular formula is C12H13Cl2N3. The molecule has 17 heavy (non-hydrogen) atoms. The Hall–Kier alpha value is -1.19. The molecular weight excluding hydrogens is 257 g/mol. The molecule has 3 nitrogen and oxygen atoms in total. The second-order valence-corrected chi connectivity index (χ2v) is 4.62. The topological polar surface area (TPSA) is 43.8 Å². The second kappa shape index (κ2) is 4.59. The van der Waals surface area contributed by atoms with Crippen molar-refractivity contribution in [2.24, 2.45) is 7.05 Å². The summed E-state index contributed by atoms with van der Waals surface area (Å²) in [6.07, 6.45) is 0.835. The number of benzene rings is 1. The zero-order chi connectivity index (χ0) is 12.6. The molecule has 0 saturated heterocycles. The highest BCUT2D eigenvalue weighted by molar-refractivity contribution is 6.42. The normalized spacial score (nSPS) is 10.8. The summed E-state index contributed by atoms with van der Waals surface area (Å²) >= 11 is 11.9. The fraction of sp³-hybridized carbons (Fsp3) is 0.250. The van der Waals surface area contributed by atoms with Crippen molar-refractivity contribution in [2.75, 3.05) is 5.73 Å². The Bertz CT molecular complexity index is 561. The van der Waals surface area contributed by atoms with Crippen molar-refractivity contribution in [3.63, 3.8) is 0 Å². The minimum absolute atomic E-state index is 0.507. The smallest absolute Gasteiger partial charge is 0.131 e. The van der Waals surface area contributed by atoms with Crippen LogP contribution in [0.1, 0.15) is 12.7 Å². The predicted octanol–water partition coefficient (Wildman–Crippen LogP) is 3.54. The van der Waals surface area contributed by atoms with E-state index in [1.54, 1.807) is 12.1 Å². The summed E-state index contributed by atoms with van der Waals surface area (Å²) in [6.45, 7) is 2.04. The van der Waals surface area contributed by atoms with Crippen molar-refractivity contribution >= 4 is 29.0 Å². The summed E-state index contributed by atoms with van der Waals surface area (Å²) in [6, 6.07) is 5.40. The third kappa shape index (κ3) is 2.13. The summed E-state index contributed by atoms with van der Waals surface area (Å²) in [5.41, 5.74) is 7.66. The molecule has 0 saturated carbocycles. The number of hydrogen-bond acceptors (Lipinski definition) is 2. The molecule has 1 aromatic heterocycles. The standard InChI is InChI=1S/C12H13Cl2N3/c1-3-10-16-11(12(15)17(10)2)7-4-5-8(13)9(14)6-7/h4-6H,3,15H2,1-2H3. The molecule has 0 bridgehead atoms. The highest BCUT2D eigenvalue weighted by Crippen LogP contribution is 2.31. The van der Waals surface area contributed by atoms with Crippen molar-refractivity contribution in [1.82, 2.24) is 9.55 Å². The summed E-state index contributed by atoms with van der Waals surface area (Å²) in [7, 11) is 1.90. The van der Waals surface area contributed by atoms with E-state index in [0.717, 1.165) is 23.5 Å². The first-order valence-electron chi connectivity index (χ1n) is 5.31. The van der Waals surface area contributed by atoms with Gasteiger partial charge in [-0.05, 0) is 12.1 Å². The van der Waals surface area contributed by atoms with Gasteiger partial charge in [0.05, 0.1) is 10.0 Å². The number of anilines is 1. The lowest BCUT2D eigenvalue weighted by atomic mass is 10.1.